The summed E-state index contributed by atoms with van der Waals surface area (Å²) in [4.78, 5) is 2.04. The topological polar surface area (TPSA) is 99.2 Å². The third-order valence-electron chi connectivity index (χ3n) is 6.12. The standard InChI is InChI=1S/C24H29F3N6O2/c1-22(2)10-16(11-23(3,4)32-22)33(5)20-7-6-17(30-31-20)21-18(34)8-14(15-12-28-29-13-15)9-19(21)35-24(25,26)27/h6-9,12-13,16,32,34H,10-11H2,1-5H3,(H,28,29). The second kappa shape index (κ2) is 8.71. The molecule has 1 aliphatic heterocycles. The van der Waals surface area contributed by atoms with E-state index in [-0.39, 0.29) is 28.4 Å². The van der Waals surface area contributed by atoms with Crippen LogP contribution in [-0.2, 0) is 0 Å². The van der Waals surface area contributed by atoms with Crippen molar-refractivity contribution in [3.8, 4) is 33.9 Å². The van der Waals surface area contributed by atoms with Crippen molar-refractivity contribution >= 4 is 5.82 Å². The number of phenolic OH excluding ortho intramolecular Hbond substituents is 1. The molecule has 1 fully saturated rings. The molecule has 0 bridgehead atoms. The third-order valence-corrected chi connectivity index (χ3v) is 6.12. The first kappa shape index (κ1) is 24.8. The summed E-state index contributed by atoms with van der Waals surface area (Å²) in [5, 5.41) is 29.1. The summed E-state index contributed by atoms with van der Waals surface area (Å²) in [6.07, 6.45) is -0.260. The van der Waals surface area contributed by atoms with E-state index in [0.29, 0.717) is 16.9 Å². The zero-order valence-corrected chi connectivity index (χ0v) is 20.2. The van der Waals surface area contributed by atoms with Crippen LogP contribution in [0.4, 0.5) is 19.0 Å². The molecule has 0 saturated carbocycles. The molecule has 8 nitrogen and oxygen atoms in total. The Kier molecular flexibility index (Phi) is 6.16. The number of hydrogen-bond donors (Lipinski definition) is 3. The van der Waals surface area contributed by atoms with Crippen molar-refractivity contribution in [1.29, 1.82) is 0 Å². The average molecular weight is 491 g/mol. The quantitative estimate of drug-likeness (QED) is 0.469. The molecule has 1 aliphatic rings. The number of piperidine rings is 1. The Hall–Kier alpha value is -3.34. The molecule has 3 aromatic rings. The highest BCUT2D eigenvalue weighted by molar-refractivity contribution is 5.80. The minimum Gasteiger partial charge on any atom is -0.507 e. The van der Waals surface area contributed by atoms with Crippen LogP contribution in [0.3, 0.4) is 0 Å². The number of benzene rings is 1. The minimum atomic E-state index is -4.96. The Balaban J connectivity index is 1.67. The molecule has 188 valence electrons. The summed E-state index contributed by atoms with van der Waals surface area (Å²) in [5.74, 6) is -0.411. The van der Waals surface area contributed by atoms with Gasteiger partial charge in [-0.3, -0.25) is 5.10 Å². The predicted molar refractivity (Wildman–Crippen MR) is 126 cm³/mol. The summed E-state index contributed by atoms with van der Waals surface area (Å²) in [5.41, 5.74) is 0.527. The zero-order valence-electron chi connectivity index (χ0n) is 20.2. The number of nitrogens with one attached hydrogen (secondary N) is 2. The molecule has 0 atom stereocenters. The van der Waals surface area contributed by atoms with Crippen molar-refractivity contribution in [3.05, 3.63) is 36.7 Å². The van der Waals surface area contributed by atoms with Crippen LogP contribution in [0.2, 0.25) is 0 Å². The molecule has 0 radical (unpaired) electrons. The van der Waals surface area contributed by atoms with Crippen LogP contribution in [0.25, 0.3) is 22.4 Å². The van der Waals surface area contributed by atoms with E-state index in [2.05, 4.69) is 58.1 Å². The molecule has 11 heteroatoms. The number of nitrogens with zero attached hydrogens (tertiary/aromatic N) is 4. The van der Waals surface area contributed by atoms with Gasteiger partial charge in [0.15, 0.2) is 5.82 Å². The van der Waals surface area contributed by atoms with Crippen molar-refractivity contribution in [2.75, 3.05) is 11.9 Å². The fraction of sp³-hybridized carbons (Fsp3) is 0.458. The van der Waals surface area contributed by atoms with Gasteiger partial charge >= 0.3 is 6.36 Å². The molecule has 0 unspecified atom stereocenters. The smallest absolute Gasteiger partial charge is 0.507 e. The maximum Gasteiger partial charge on any atom is 0.573 e. The van der Waals surface area contributed by atoms with Crippen molar-refractivity contribution in [2.24, 2.45) is 0 Å². The lowest BCUT2D eigenvalue weighted by molar-refractivity contribution is -0.274. The number of aromatic amines is 1. The molecule has 35 heavy (non-hydrogen) atoms. The van der Waals surface area contributed by atoms with Crippen LogP contribution in [0, 0.1) is 0 Å². The first-order chi connectivity index (χ1) is 16.2. The molecule has 0 aliphatic carbocycles. The number of alkyl halides is 3. The van der Waals surface area contributed by atoms with E-state index in [9.17, 15) is 18.3 Å². The monoisotopic (exact) mass is 490 g/mol. The van der Waals surface area contributed by atoms with Gasteiger partial charge in [-0.15, -0.1) is 23.4 Å². The Morgan fingerprint density at radius 1 is 1.06 bits per heavy atom. The number of aromatic nitrogens is 4. The molecule has 0 spiro atoms. The number of anilines is 1. The summed E-state index contributed by atoms with van der Waals surface area (Å²) in [7, 11) is 1.93. The Morgan fingerprint density at radius 3 is 2.29 bits per heavy atom. The average Bonchev–Trinajstić information content (AvgIpc) is 3.25. The van der Waals surface area contributed by atoms with Crippen molar-refractivity contribution in [3.63, 3.8) is 0 Å². The Bertz CT molecular complexity index is 1160. The second-order valence-electron chi connectivity index (χ2n) is 10.2. The van der Waals surface area contributed by atoms with E-state index >= 15 is 0 Å². The number of rotatable bonds is 5. The van der Waals surface area contributed by atoms with Crippen LogP contribution in [-0.4, -0.2) is 56.0 Å². The lowest BCUT2D eigenvalue weighted by Gasteiger charge is -2.49. The van der Waals surface area contributed by atoms with E-state index < -0.39 is 17.9 Å². The number of H-pyrrole nitrogens is 1. The number of ether oxygens (including phenoxy) is 1. The Morgan fingerprint density at radius 2 is 1.74 bits per heavy atom. The summed E-state index contributed by atoms with van der Waals surface area (Å²) in [6, 6.07) is 5.93. The van der Waals surface area contributed by atoms with Crippen LogP contribution >= 0.6 is 0 Å². The number of aromatic hydroxyl groups is 1. The lowest BCUT2D eigenvalue weighted by atomic mass is 9.79. The van der Waals surface area contributed by atoms with Gasteiger partial charge in [-0.2, -0.15) is 5.10 Å². The first-order valence-corrected chi connectivity index (χ1v) is 11.2. The molecule has 1 aromatic carbocycles. The highest BCUT2D eigenvalue weighted by Crippen LogP contribution is 2.43. The van der Waals surface area contributed by atoms with E-state index in [4.69, 9.17) is 0 Å². The number of phenols is 1. The highest BCUT2D eigenvalue weighted by atomic mass is 19.4. The third kappa shape index (κ3) is 5.67. The number of halogens is 3. The van der Waals surface area contributed by atoms with Crippen LogP contribution in [0.15, 0.2) is 36.7 Å². The van der Waals surface area contributed by atoms with Crippen LogP contribution in [0.1, 0.15) is 40.5 Å². The number of hydrogen-bond acceptors (Lipinski definition) is 7. The fourth-order valence-electron chi connectivity index (χ4n) is 5.01. The highest BCUT2D eigenvalue weighted by Gasteiger charge is 2.39. The SMILES string of the molecule is CN(c1ccc(-c2c(O)cc(-c3cn[nH]c3)cc2OC(F)(F)F)nn1)C1CC(C)(C)NC(C)(C)C1. The van der Waals surface area contributed by atoms with Gasteiger partial charge in [-0.05, 0) is 70.4 Å². The maximum atomic E-state index is 13.2. The van der Waals surface area contributed by atoms with Gasteiger partial charge < -0.3 is 20.1 Å². The van der Waals surface area contributed by atoms with Gasteiger partial charge in [0.05, 0.1) is 11.8 Å². The summed E-state index contributed by atoms with van der Waals surface area (Å²) in [6.45, 7) is 8.62. The van der Waals surface area contributed by atoms with Crippen molar-refractivity contribution in [2.45, 2.75) is 64.0 Å². The van der Waals surface area contributed by atoms with E-state index in [1.807, 2.05) is 11.9 Å². The van der Waals surface area contributed by atoms with Gasteiger partial charge in [0.1, 0.15) is 17.2 Å². The lowest BCUT2D eigenvalue weighted by Crippen LogP contribution is -2.62. The molecule has 2 aromatic heterocycles. The van der Waals surface area contributed by atoms with Gasteiger partial charge in [-0.1, -0.05) is 0 Å². The summed E-state index contributed by atoms with van der Waals surface area (Å²) < 4.78 is 43.8. The van der Waals surface area contributed by atoms with Gasteiger partial charge in [-0.25, -0.2) is 0 Å². The largest absolute Gasteiger partial charge is 0.573 e. The van der Waals surface area contributed by atoms with E-state index in [0.717, 1.165) is 12.8 Å². The molecular formula is C24H29F3N6O2. The molecule has 0 amide bonds. The van der Waals surface area contributed by atoms with Crippen LogP contribution < -0.4 is 15.0 Å². The molecule has 3 N–H and O–H groups in total. The van der Waals surface area contributed by atoms with Crippen molar-refractivity contribution < 1.29 is 23.0 Å². The predicted octanol–water partition coefficient (Wildman–Crippen LogP) is 4.88. The molecule has 4 rings (SSSR count). The first-order valence-electron chi connectivity index (χ1n) is 11.2. The van der Waals surface area contributed by atoms with E-state index in [1.165, 1.54) is 30.6 Å². The van der Waals surface area contributed by atoms with Gasteiger partial charge in [0.25, 0.3) is 0 Å². The maximum absolute atomic E-state index is 13.2. The fourth-order valence-corrected chi connectivity index (χ4v) is 5.01. The van der Waals surface area contributed by atoms with E-state index in [1.54, 1.807) is 6.07 Å². The second-order valence-corrected chi connectivity index (χ2v) is 10.2. The van der Waals surface area contributed by atoms with Crippen LogP contribution in [0.5, 0.6) is 11.5 Å². The van der Waals surface area contributed by atoms with Gasteiger partial charge in [0, 0.05) is 35.9 Å². The summed E-state index contributed by atoms with van der Waals surface area (Å²) >= 11 is 0. The van der Waals surface area contributed by atoms with Crippen molar-refractivity contribution in [1.82, 2.24) is 25.7 Å². The normalized spacial score (nSPS) is 17.8. The molecule has 3 heterocycles. The van der Waals surface area contributed by atoms with Gasteiger partial charge in [0.2, 0.25) is 0 Å². The molecule has 1 saturated heterocycles. The Labute approximate surface area is 201 Å². The minimum absolute atomic E-state index is 0.0589. The zero-order chi connectivity index (χ0) is 25.6. The molecular weight excluding hydrogens is 461 g/mol.